The van der Waals surface area contributed by atoms with E-state index in [0.717, 1.165) is 5.56 Å². The molecule has 182 valence electrons. The Bertz CT molecular complexity index is 791. The van der Waals surface area contributed by atoms with Gasteiger partial charge in [0.2, 0.25) is 11.8 Å². The minimum atomic E-state index is -0.827. The van der Waals surface area contributed by atoms with Crippen LogP contribution in [-0.2, 0) is 25.5 Å². The van der Waals surface area contributed by atoms with E-state index < -0.39 is 11.5 Å². The molecule has 0 aliphatic carbocycles. The van der Waals surface area contributed by atoms with Gasteiger partial charge >= 0.3 is 5.97 Å². The summed E-state index contributed by atoms with van der Waals surface area (Å²) < 4.78 is 5.55. The lowest BCUT2D eigenvalue weighted by atomic mass is 9.96. The molecule has 0 saturated carbocycles. The molecule has 0 aromatic heterocycles. The number of hydrogen-bond acceptors (Lipinski definition) is 5. The SMILES string of the molecule is C=CCC(CC(=O)NC(C)CO)C(=O)NC(C)(C)COC(=O)C(CC=C)Cc1ccccc1. The van der Waals surface area contributed by atoms with Gasteiger partial charge in [-0.2, -0.15) is 0 Å². The highest BCUT2D eigenvalue weighted by Gasteiger charge is 2.29. The topological polar surface area (TPSA) is 105 Å². The Kier molecular flexibility index (Phi) is 12.1. The zero-order valence-electron chi connectivity index (χ0n) is 20.0. The number of carbonyl (C=O) groups excluding carboxylic acids is 3. The molecule has 0 radical (unpaired) electrons. The molecule has 0 saturated heterocycles. The van der Waals surface area contributed by atoms with Crippen LogP contribution >= 0.6 is 0 Å². The molecule has 33 heavy (non-hydrogen) atoms. The maximum absolute atomic E-state index is 12.8. The first-order valence-corrected chi connectivity index (χ1v) is 11.3. The number of nitrogens with one attached hydrogen (secondary N) is 2. The van der Waals surface area contributed by atoms with Gasteiger partial charge < -0.3 is 20.5 Å². The predicted molar refractivity (Wildman–Crippen MR) is 129 cm³/mol. The van der Waals surface area contributed by atoms with E-state index in [2.05, 4.69) is 23.8 Å². The molecule has 0 fully saturated rings. The van der Waals surface area contributed by atoms with Crippen molar-refractivity contribution in [1.82, 2.24) is 10.6 Å². The number of esters is 1. The van der Waals surface area contributed by atoms with Gasteiger partial charge in [0.1, 0.15) is 6.61 Å². The lowest BCUT2D eigenvalue weighted by Gasteiger charge is -2.29. The number of hydrogen-bond donors (Lipinski definition) is 3. The Morgan fingerprint density at radius 2 is 1.70 bits per heavy atom. The summed E-state index contributed by atoms with van der Waals surface area (Å²) in [5.41, 5.74) is 0.210. The number of allylic oxidation sites excluding steroid dienone is 2. The van der Waals surface area contributed by atoms with E-state index in [1.165, 1.54) is 0 Å². The highest BCUT2D eigenvalue weighted by atomic mass is 16.5. The van der Waals surface area contributed by atoms with Crippen LogP contribution in [0.15, 0.2) is 55.6 Å². The summed E-state index contributed by atoms with van der Waals surface area (Å²) in [6.45, 7) is 12.4. The van der Waals surface area contributed by atoms with Crippen molar-refractivity contribution < 1.29 is 24.2 Å². The minimum Gasteiger partial charge on any atom is -0.463 e. The quantitative estimate of drug-likeness (QED) is 0.277. The largest absolute Gasteiger partial charge is 0.463 e. The molecule has 0 spiro atoms. The first kappa shape index (κ1) is 28.1. The zero-order chi connectivity index (χ0) is 24.9. The molecule has 3 atom stereocenters. The molecule has 1 rings (SSSR count). The van der Waals surface area contributed by atoms with Gasteiger partial charge in [0.25, 0.3) is 0 Å². The zero-order valence-corrected chi connectivity index (χ0v) is 20.0. The second-order valence-electron chi connectivity index (χ2n) is 8.97. The van der Waals surface area contributed by atoms with Crippen molar-refractivity contribution in [2.45, 2.75) is 58.0 Å². The standard InChI is InChI=1S/C26H38N2O5/c1-6-11-21(16-23(30)27-19(3)17-29)24(31)28-26(4,5)18-33-25(32)22(12-7-2)15-20-13-9-8-10-14-20/h6-10,13-14,19,21-22,29H,1-2,11-12,15-18H2,3-5H3,(H,27,30)(H,28,31). The van der Waals surface area contributed by atoms with Crippen molar-refractivity contribution >= 4 is 17.8 Å². The molecule has 7 nitrogen and oxygen atoms in total. The van der Waals surface area contributed by atoms with Gasteiger partial charge in [-0.15, -0.1) is 13.2 Å². The smallest absolute Gasteiger partial charge is 0.309 e. The minimum absolute atomic E-state index is 0.00540. The van der Waals surface area contributed by atoms with E-state index in [-0.39, 0.29) is 49.4 Å². The molecule has 0 aliphatic rings. The number of benzene rings is 1. The van der Waals surface area contributed by atoms with Crippen LogP contribution in [0.3, 0.4) is 0 Å². The average Bonchev–Trinajstić information content (AvgIpc) is 2.77. The summed E-state index contributed by atoms with van der Waals surface area (Å²) in [6, 6.07) is 9.31. The monoisotopic (exact) mass is 458 g/mol. The number of amides is 2. The molecule has 1 aromatic carbocycles. The average molecular weight is 459 g/mol. The van der Waals surface area contributed by atoms with Crippen molar-refractivity contribution in [1.29, 1.82) is 0 Å². The fourth-order valence-electron chi connectivity index (χ4n) is 3.29. The highest BCUT2D eigenvalue weighted by molar-refractivity contribution is 5.86. The maximum Gasteiger partial charge on any atom is 0.309 e. The van der Waals surface area contributed by atoms with Gasteiger partial charge in [0.15, 0.2) is 0 Å². The Hall–Kier alpha value is -2.93. The summed E-state index contributed by atoms with van der Waals surface area (Å²) >= 11 is 0. The lowest BCUT2D eigenvalue weighted by Crippen LogP contribution is -2.50. The van der Waals surface area contributed by atoms with Gasteiger partial charge in [0, 0.05) is 12.5 Å². The van der Waals surface area contributed by atoms with Gasteiger partial charge in [-0.3, -0.25) is 14.4 Å². The van der Waals surface area contributed by atoms with Crippen molar-refractivity contribution in [3.8, 4) is 0 Å². The molecule has 3 unspecified atom stereocenters. The van der Waals surface area contributed by atoms with E-state index in [1.807, 2.05) is 30.3 Å². The first-order chi connectivity index (χ1) is 15.6. The number of aliphatic hydroxyl groups excluding tert-OH is 1. The van der Waals surface area contributed by atoms with E-state index >= 15 is 0 Å². The van der Waals surface area contributed by atoms with Gasteiger partial charge in [-0.1, -0.05) is 42.5 Å². The predicted octanol–water partition coefficient (Wildman–Crippen LogP) is 2.94. The lowest BCUT2D eigenvalue weighted by molar-refractivity contribution is -0.151. The van der Waals surface area contributed by atoms with Crippen molar-refractivity contribution in [2.75, 3.05) is 13.2 Å². The van der Waals surface area contributed by atoms with E-state index in [4.69, 9.17) is 9.84 Å². The van der Waals surface area contributed by atoms with Gasteiger partial charge in [0.05, 0.1) is 24.0 Å². The second-order valence-corrected chi connectivity index (χ2v) is 8.97. The third-order valence-electron chi connectivity index (χ3n) is 5.08. The summed E-state index contributed by atoms with van der Waals surface area (Å²) in [6.07, 6.45) is 4.61. The molecule has 0 heterocycles. The van der Waals surface area contributed by atoms with Crippen LogP contribution in [0.2, 0.25) is 0 Å². The normalized spacial score (nSPS) is 13.8. The highest BCUT2D eigenvalue weighted by Crippen LogP contribution is 2.17. The van der Waals surface area contributed by atoms with Crippen molar-refractivity contribution in [2.24, 2.45) is 11.8 Å². The van der Waals surface area contributed by atoms with Crippen LogP contribution in [-0.4, -0.2) is 47.7 Å². The number of aliphatic hydroxyl groups is 1. The van der Waals surface area contributed by atoms with Crippen LogP contribution in [0, 0.1) is 11.8 Å². The van der Waals surface area contributed by atoms with E-state index in [0.29, 0.717) is 19.3 Å². The third-order valence-corrected chi connectivity index (χ3v) is 5.08. The van der Waals surface area contributed by atoms with Crippen LogP contribution in [0.25, 0.3) is 0 Å². The summed E-state index contributed by atoms with van der Waals surface area (Å²) in [4.78, 5) is 37.7. The van der Waals surface area contributed by atoms with Crippen molar-refractivity contribution in [3.63, 3.8) is 0 Å². The number of rotatable bonds is 15. The molecule has 3 N–H and O–H groups in total. The summed E-state index contributed by atoms with van der Waals surface area (Å²) in [5, 5.41) is 14.6. The van der Waals surface area contributed by atoms with Crippen LogP contribution in [0.1, 0.15) is 45.6 Å². The summed E-state index contributed by atoms with van der Waals surface area (Å²) in [5.74, 6) is -1.97. The molecule has 2 amide bonds. The van der Waals surface area contributed by atoms with Crippen molar-refractivity contribution in [3.05, 3.63) is 61.2 Å². The third kappa shape index (κ3) is 11.0. The molecule has 0 bridgehead atoms. The molecular weight excluding hydrogens is 420 g/mol. The number of carbonyl (C=O) groups is 3. The van der Waals surface area contributed by atoms with Crippen LogP contribution in [0.4, 0.5) is 0 Å². The van der Waals surface area contributed by atoms with Crippen LogP contribution in [0.5, 0.6) is 0 Å². The second kappa shape index (κ2) is 14.3. The molecule has 1 aromatic rings. The number of ether oxygens (including phenoxy) is 1. The van der Waals surface area contributed by atoms with E-state index in [9.17, 15) is 14.4 Å². The van der Waals surface area contributed by atoms with Gasteiger partial charge in [-0.25, -0.2) is 0 Å². The summed E-state index contributed by atoms with van der Waals surface area (Å²) in [7, 11) is 0. The first-order valence-electron chi connectivity index (χ1n) is 11.3. The Morgan fingerprint density at radius 3 is 2.27 bits per heavy atom. The maximum atomic E-state index is 12.8. The fourth-order valence-corrected chi connectivity index (χ4v) is 3.29. The van der Waals surface area contributed by atoms with Crippen LogP contribution < -0.4 is 10.6 Å². The Morgan fingerprint density at radius 1 is 1.09 bits per heavy atom. The molecular formula is C26H38N2O5. The Balaban J connectivity index is 2.69. The van der Waals surface area contributed by atoms with Gasteiger partial charge in [-0.05, 0) is 45.6 Å². The molecule has 0 aliphatic heterocycles. The Labute approximate surface area is 197 Å². The molecule has 7 heteroatoms. The van der Waals surface area contributed by atoms with E-state index in [1.54, 1.807) is 32.9 Å². The fraction of sp³-hybridized carbons (Fsp3) is 0.500.